The summed E-state index contributed by atoms with van der Waals surface area (Å²) in [5.74, 6) is -0.879. The minimum Gasteiger partial charge on any atom is -0.478 e. The van der Waals surface area contributed by atoms with Crippen molar-refractivity contribution in [2.75, 3.05) is 13.1 Å². The maximum absolute atomic E-state index is 10.9. The maximum Gasteiger partial charge on any atom is 0.335 e. The van der Waals surface area contributed by atoms with E-state index in [1.807, 2.05) is 6.07 Å². The van der Waals surface area contributed by atoms with Crippen LogP contribution in [-0.2, 0) is 0 Å². The maximum atomic E-state index is 10.9. The van der Waals surface area contributed by atoms with Crippen LogP contribution in [-0.4, -0.2) is 30.2 Å². The summed E-state index contributed by atoms with van der Waals surface area (Å²) in [7, 11) is 0. The van der Waals surface area contributed by atoms with Crippen molar-refractivity contribution in [1.82, 2.24) is 5.32 Å². The van der Waals surface area contributed by atoms with Gasteiger partial charge in [0.1, 0.15) is 0 Å². The Morgan fingerprint density at radius 3 is 3.19 bits per heavy atom. The Hall–Kier alpha value is -1.68. The van der Waals surface area contributed by atoms with Crippen LogP contribution >= 0.6 is 0 Å². The SMILES string of the molecule is O=C(O)c1ccc2c(c1)=C1CNCCC1N=2. The van der Waals surface area contributed by atoms with Gasteiger partial charge in [-0.3, -0.25) is 4.99 Å². The van der Waals surface area contributed by atoms with E-state index in [4.69, 9.17) is 5.11 Å². The highest BCUT2D eigenvalue weighted by Gasteiger charge is 2.22. The van der Waals surface area contributed by atoms with Crippen LogP contribution < -0.4 is 15.9 Å². The summed E-state index contributed by atoms with van der Waals surface area (Å²) in [4.78, 5) is 15.5. The molecule has 0 spiro atoms. The lowest BCUT2D eigenvalue weighted by atomic mass is 10.00. The lowest BCUT2D eigenvalue weighted by Crippen LogP contribution is -2.34. The third-order valence-corrected chi connectivity index (χ3v) is 3.20. The number of hydrogen-bond donors (Lipinski definition) is 2. The number of fused-ring (bicyclic) bond motifs is 2. The van der Waals surface area contributed by atoms with Crippen molar-refractivity contribution < 1.29 is 9.90 Å². The first-order chi connectivity index (χ1) is 7.75. The molecule has 0 aromatic heterocycles. The van der Waals surface area contributed by atoms with Gasteiger partial charge in [0.15, 0.2) is 0 Å². The van der Waals surface area contributed by atoms with E-state index >= 15 is 0 Å². The molecule has 16 heavy (non-hydrogen) atoms. The third kappa shape index (κ3) is 1.34. The fourth-order valence-electron chi connectivity index (χ4n) is 2.38. The van der Waals surface area contributed by atoms with Crippen molar-refractivity contribution in [3.05, 3.63) is 34.3 Å². The van der Waals surface area contributed by atoms with Crippen LogP contribution in [0.5, 0.6) is 0 Å². The molecule has 0 saturated carbocycles. The predicted octanol–water partition coefficient (Wildman–Crippen LogP) is -0.469. The fraction of sp³-hybridized carbons (Fsp3) is 0.333. The smallest absolute Gasteiger partial charge is 0.335 e. The zero-order chi connectivity index (χ0) is 11.1. The number of benzene rings is 1. The molecule has 1 aromatic rings. The van der Waals surface area contributed by atoms with Gasteiger partial charge in [0.2, 0.25) is 0 Å². The van der Waals surface area contributed by atoms with Gasteiger partial charge in [0.25, 0.3) is 0 Å². The van der Waals surface area contributed by atoms with E-state index in [0.29, 0.717) is 5.56 Å². The second-order valence-electron chi connectivity index (χ2n) is 4.17. The topological polar surface area (TPSA) is 61.7 Å². The van der Waals surface area contributed by atoms with E-state index in [1.54, 1.807) is 12.1 Å². The highest BCUT2D eigenvalue weighted by atomic mass is 16.4. The van der Waals surface area contributed by atoms with Gasteiger partial charge in [-0.25, -0.2) is 4.79 Å². The summed E-state index contributed by atoms with van der Waals surface area (Å²) < 4.78 is 0. The van der Waals surface area contributed by atoms with Crippen LogP contribution in [0.2, 0.25) is 0 Å². The predicted molar refractivity (Wildman–Crippen MR) is 58.9 cm³/mol. The Morgan fingerprint density at radius 2 is 2.38 bits per heavy atom. The molecule has 2 aliphatic rings. The highest BCUT2D eigenvalue weighted by Crippen LogP contribution is 2.15. The lowest BCUT2D eigenvalue weighted by Gasteiger charge is -2.19. The highest BCUT2D eigenvalue weighted by molar-refractivity contribution is 5.87. The molecule has 1 saturated heterocycles. The third-order valence-electron chi connectivity index (χ3n) is 3.20. The number of carboxylic acids is 1. The van der Waals surface area contributed by atoms with Crippen molar-refractivity contribution in [2.45, 2.75) is 12.5 Å². The molecule has 82 valence electrons. The van der Waals surface area contributed by atoms with E-state index in [-0.39, 0.29) is 6.04 Å². The molecule has 4 heteroatoms. The van der Waals surface area contributed by atoms with Crippen LogP contribution in [0.15, 0.2) is 23.2 Å². The second-order valence-corrected chi connectivity index (χ2v) is 4.17. The molecule has 0 amide bonds. The van der Waals surface area contributed by atoms with Gasteiger partial charge in [-0.05, 0) is 36.7 Å². The van der Waals surface area contributed by atoms with E-state index in [2.05, 4.69) is 10.3 Å². The molecule has 0 aliphatic carbocycles. The van der Waals surface area contributed by atoms with Gasteiger partial charge < -0.3 is 10.4 Å². The number of aromatic carboxylic acids is 1. The standard InChI is InChI=1S/C12H12N2O2/c15-12(16)7-1-2-10-8(5-7)9-6-13-4-3-11(9)14-10/h1-2,5,11,13H,3-4,6H2,(H,15,16). The molecule has 2 N–H and O–H groups in total. The Morgan fingerprint density at radius 1 is 1.50 bits per heavy atom. The fourth-order valence-corrected chi connectivity index (χ4v) is 2.38. The Labute approximate surface area is 92.3 Å². The molecule has 3 rings (SSSR count). The van der Waals surface area contributed by atoms with Crippen LogP contribution in [0.4, 0.5) is 0 Å². The summed E-state index contributed by atoms with van der Waals surface area (Å²) in [6, 6.07) is 5.43. The van der Waals surface area contributed by atoms with Crippen LogP contribution in [0, 0.1) is 0 Å². The minimum absolute atomic E-state index is 0.264. The summed E-state index contributed by atoms with van der Waals surface area (Å²) in [5, 5.41) is 14.2. The molecule has 1 fully saturated rings. The molecule has 1 atom stereocenters. The summed E-state index contributed by atoms with van der Waals surface area (Å²) >= 11 is 0. The summed E-state index contributed by atoms with van der Waals surface area (Å²) in [6.45, 7) is 1.81. The first kappa shape index (κ1) is 9.54. The Kier molecular flexibility index (Phi) is 2.04. The average Bonchev–Trinajstić information content (AvgIpc) is 2.66. The van der Waals surface area contributed by atoms with Gasteiger partial charge in [0, 0.05) is 11.8 Å². The molecule has 4 nitrogen and oxygen atoms in total. The molecule has 0 radical (unpaired) electrons. The van der Waals surface area contributed by atoms with Crippen LogP contribution in [0.25, 0.3) is 5.57 Å². The largest absolute Gasteiger partial charge is 0.478 e. The zero-order valence-corrected chi connectivity index (χ0v) is 8.73. The quantitative estimate of drug-likeness (QED) is 0.667. The van der Waals surface area contributed by atoms with E-state index in [0.717, 1.165) is 30.1 Å². The molecule has 1 unspecified atom stereocenters. The Balaban J connectivity index is 2.23. The molecule has 0 bridgehead atoms. The number of rotatable bonds is 1. The number of nitrogens with zero attached hydrogens (tertiary/aromatic N) is 1. The van der Waals surface area contributed by atoms with E-state index in [1.165, 1.54) is 5.57 Å². The normalized spacial score (nSPS) is 22.2. The van der Waals surface area contributed by atoms with Gasteiger partial charge in [0.05, 0.1) is 17.0 Å². The molecule has 1 aromatic carbocycles. The van der Waals surface area contributed by atoms with Crippen molar-refractivity contribution in [1.29, 1.82) is 0 Å². The van der Waals surface area contributed by atoms with E-state index < -0.39 is 5.97 Å². The van der Waals surface area contributed by atoms with Gasteiger partial charge in [-0.2, -0.15) is 0 Å². The number of nitrogens with one attached hydrogen (secondary N) is 1. The summed E-state index contributed by atoms with van der Waals surface area (Å²) in [5.41, 5.74) is 1.58. The van der Waals surface area contributed by atoms with Crippen LogP contribution in [0.3, 0.4) is 0 Å². The number of hydrogen-bond acceptors (Lipinski definition) is 3. The van der Waals surface area contributed by atoms with Gasteiger partial charge in [-0.1, -0.05) is 0 Å². The molecular formula is C12H12N2O2. The van der Waals surface area contributed by atoms with Crippen molar-refractivity contribution in [3.63, 3.8) is 0 Å². The van der Waals surface area contributed by atoms with Crippen LogP contribution in [0.1, 0.15) is 16.8 Å². The van der Waals surface area contributed by atoms with E-state index in [9.17, 15) is 4.79 Å². The van der Waals surface area contributed by atoms with Crippen molar-refractivity contribution >= 4 is 11.5 Å². The van der Waals surface area contributed by atoms with Gasteiger partial charge in [-0.15, -0.1) is 0 Å². The second kappa shape index (κ2) is 3.42. The van der Waals surface area contributed by atoms with Gasteiger partial charge >= 0.3 is 5.97 Å². The molecular weight excluding hydrogens is 204 g/mol. The number of piperidine rings is 1. The van der Waals surface area contributed by atoms with Crippen molar-refractivity contribution in [3.8, 4) is 0 Å². The molecule has 2 aliphatic heterocycles. The lowest BCUT2D eigenvalue weighted by molar-refractivity contribution is 0.0697. The minimum atomic E-state index is -0.879. The summed E-state index contributed by atoms with van der Waals surface area (Å²) in [6.07, 6.45) is 1.01. The number of carboxylic acid groups (broad SMARTS) is 1. The first-order valence-corrected chi connectivity index (χ1v) is 5.41. The average molecular weight is 216 g/mol. The monoisotopic (exact) mass is 216 g/mol. The first-order valence-electron chi connectivity index (χ1n) is 5.41. The Bertz CT molecular complexity index is 577. The number of carbonyl (C=O) groups is 1. The zero-order valence-electron chi connectivity index (χ0n) is 8.73. The molecule has 2 heterocycles. The van der Waals surface area contributed by atoms with Crippen molar-refractivity contribution in [2.24, 2.45) is 4.99 Å².